The standard InChI is InChI=1S/C12H24N4O/c1-5-6-10(17)7-14-12-11(13)9(4)15-16(12)8(2)3/h8,10,14,17H,5-7,13H2,1-4H3. The summed E-state index contributed by atoms with van der Waals surface area (Å²) >= 11 is 0. The minimum absolute atomic E-state index is 0.247. The Kier molecular flexibility index (Phi) is 4.81. The summed E-state index contributed by atoms with van der Waals surface area (Å²) in [6.07, 6.45) is 1.43. The number of hydrogen-bond donors (Lipinski definition) is 3. The van der Waals surface area contributed by atoms with Gasteiger partial charge in [-0.1, -0.05) is 13.3 Å². The van der Waals surface area contributed by atoms with Crippen molar-refractivity contribution in [1.82, 2.24) is 9.78 Å². The number of nitrogens with two attached hydrogens (primary N) is 1. The van der Waals surface area contributed by atoms with Gasteiger partial charge in [0.05, 0.1) is 17.5 Å². The van der Waals surface area contributed by atoms with Crippen LogP contribution in [0.2, 0.25) is 0 Å². The molecule has 0 bridgehead atoms. The summed E-state index contributed by atoms with van der Waals surface area (Å²) < 4.78 is 1.86. The molecule has 98 valence electrons. The van der Waals surface area contributed by atoms with Gasteiger partial charge in [0.2, 0.25) is 0 Å². The summed E-state index contributed by atoms with van der Waals surface area (Å²) in [5.74, 6) is 0.813. The molecule has 0 aromatic carbocycles. The first-order chi connectivity index (χ1) is 7.97. The van der Waals surface area contributed by atoms with Gasteiger partial charge < -0.3 is 16.2 Å². The van der Waals surface area contributed by atoms with Gasteiger partial charge in [0, 0.05) is 12.6 Å². The molecule has 17 heavy (non-hydrogen) atoms. The Balaban J connectivity index is 2.75. The average Bonchev–Trinajstić information content (AvgIpc) is 2.54. The topological polar surface area (TPSA) is 76.1 Å². The fourth-order valence-electron chi connectivity index (χ4n) is 1.76. The highest BCUT2D eigenvalue weighted by molar-refractivity contribution is 5.64. The predicted octanol–water partition coefficient (Wildman–Crippen LogP) is 1.93. The maximum absolute atomic E-state index is 9.70. The van der Waals surface area contributed by atoms with Gasteiger partial charge in [-0.15, -0.1) is 0 Å². The van der Waals surface area contributed by atoms with Crippen molar-refractivity contribution in [3.8, 4) is 0 Å². The van der Waals surface area contributed by atoms with E-state index in [4.69, 9.17) is 5.73 Å². The monoisotopic (exact) mass is 240 g/mol. The molecule has 0 radical (unpaired) electrons. The van der Waals surface area contributed by atoms with Gasteiger partial charge in [0.25, 0.3) is 0 Å². The van der Waals surface area contributed by atoms with Crippen LogP contribution < -0.4 is 11.1 Å². The second-order valence-electron chi connectivity index (χ2n) is 4.71. The van der Waals surface area contributed by atoms with Gasteiger partial charge in [0.1, 0.15) is 5.82 Å². The van der Waals surface area contributed by atoms with E-state index >= 15 is 0 Å². The van der Waals surface area contributed by atoms with Crippen LogP contribution in [0.3, 0.4) is 0 Å². The third-order valence-electron chi connectivity index (χ3n) is 2.75. The lowest BCUT2D eigenvalue weighted by Gasteiger charge is -2.15. The Morgan fingerprint density at radius 1 is 1.47 bits per heavy atom. The molecule has 1 aromatic heterocycles. The van der Waals surface area contributed by atoms with E-state index in [1.165, 1.54) is 0 Å². The van der Waals surface area contributed by atoms with Gasteiger partial charge in [-0.2, -0.15) is 5.10 Å². The molecule has 0 spiro atoms. The molecule has 5 heteroatoms. The number of nitrogen functional groups attached to an aromatic ring is 1. The lowest BCUT2D eigenvalue weighted by atomic mass is 10.2. The first-order valence-electron chi connectivity index (χ1n) is 6.23. The zero-order valence-electron chi connectivity index (χ0n) is 11.2. The Bertz CT molecular complexity index is 360. The molecule has 1 aromatic rings. The van der Waals surface area contributed by atoms with Gasteiger partial charge in [-0.05, 0) is 27.2 Å². The molecule has 0 saturated heterocycles. The van der Waals surface area contributed by atoms with Crippen molar-refractivity contribution in [2.75, 3.05) is 17.6 Å². The zero-order chi connectivity index (χ0) is 13.0. The van der Waals surface area contributed by atoms with Crippen molar-refractivity contribution in [3.63, 3.8) is 0 Å². The van der Waals surface area contributed by atoms with Crippen LogP contribution >= 0.6 is 0 Å². The van der Waals surface area contributed by atoms with Crippen LogP contribution in [0.4, 0.5) is 11.5 Å². The van der Waals surface area contributed by atoms with E-state index in [9.17, 15) is 5.11 Å². The fraction of sp³-hybridized carbons (Fsp3) is 0.750. The van der Waals surface area contributed by atoms with Crippen molar-refractivity contribution in [2.45, 2.75) is 52.7 Å². The van der Waals surface area contributed by atoms with Crippen LogP contribution in [0.5, 0.6) is 0 Å². The Morgan fingerprint density at radius 2 is 2.12 bits per heavy atom. The van der Waals surface area contributed by atoms with Crippen LogP contribution in [0.1, 0.15) is 45.3 Å². The molecule has 0 fully saturated rings. The van der Waals surface area contributed by atoms with Crippen molar-refractivity contribution in [3.05, 3.63) is 5.69 Å². The van der Waals surface area contributed by atoms with E-state index in [0.29, 0.717) is 12.2 Å². The molecule has 0 amide bonds. The number of nitrogens with one attached hydrogen (secondary N) is 1. The van der Waals surface area contributed by atoms with Crippen LogP contribution in [-0.2, 0) is 0 Å². The molecule has 1 atom stereocenters. The van der Waals surface area contributed by atoms with E-state index in [1.54, 1.807) is 0 Å². The van der Waals surface area contributed by atoms with Crippen molar-refractivity contribution in [2.24, 2.45) is 0 Å². The van der Waals surface area contributed by atoms with Gasteiger partial charge in [-0.25, -0.2) is 4.68 Å². The van der Waals surface area contributed by atoms with Crippen molar-refractivity contribution in [1.29, 1.82) is 0 Å². The number of hydrogen-bond acceptors (Lipinski definition) is 4. The Morgan fingerprint density at radius 3 is 2.65 bits per heavy atom. The summed E-state index contributed by atoms with van der Waals surface area (Å²) in [5.41, 5.74) is 7.47. The summed E-state index contributed by atoms with van der Waals surface area (Å²) in [5, 5.41) is 17.3. The summed E-state index contributed by atoms with van der Waals surface area (Å²) in [7, 11) is 0. The van der Waals surface area contributed by atoms with Crippen molar-refractivity contribution < 1.29 is 5.11 Å². The molecule has 0 aliphatic heterocycles. The van der Waals surface area contributed by atoms with E-state index in [2.05, 4.69) is 31.2 Å². The third-order valence-corrected chi connectivity index (χ3v) is 2.75. The molecule has 1 unspecified atom stereocenters. The second kappa shape index (κ2) is 5.91. The lowest BCUT2D eigenvalue weighted by Crippen LogP contribution is -2.21. The van der Waals surface area contributed by atoms with Crippen LogP contribution in [0.25, 0.3) is 0 Å². The molecular weight excluding hydrogens is 216 g/mol. The smallest absolute Gasteiger partial charge is 0.148 e. The maximum Gasteiger partial charge on any atom is 0.148 e. The minimum Gasteiger partial charge on any atom is -0.394 e. The van der Waals surface area contributed by atoms with Crippen LogP contribution in [0, 0.1) is 6.92 Å². The van der Waals surface area contributed by atoms with Gasteiger partial charge in [-0.3, -0.25) is 0 Å². The SMILES string of the molecule is CCCC(O)CNc1c(N)c(C)nn1C(C)C. The number of aliphatic hydroxyl groups excluding tert-OH is 1. The Hall–Kier alpha value is -1.23. The van der Waals surface area contributed by atoms with E-state index in [-0.39, 0.29) is 12.1 Å². The molecule has 4 N–H and O–H groups in total. The maximum atomic E-state index is 9.70. The quantitative estimate of drug-likeness (QED) is 0.710. The molecule has 0 aliphatic carbocycles. The number of aryl methyl sites for hydroxylation is 1. The van der Waals surface area contributed by atoms with Crippen LogP contribution in [-0.4, -0.2) is 27.5 Å². The molecule has 1 rings (SSSR count). The number of anilines is 2. The normalized spacial score (nSPS) is 13.1. The molecule has 5 nitrogen and oxygen atoms in total. The number of aliphatic hydroxyl groups is 1. The van der Waals surface area contributed by atoms with Crippen LogP contribution in [0.15, 0.2) is 0 Å². The predicted molar refractivity (Wildman–Crippen MR) is 71.2 cm³/mol. The molecule has 0 saturated carbocycles. The Labute approximate surface area is 103 Å². The fourth-order valence-corrected chi connectivity index (χ4v) is 1.76. The first-order valence-corrected chi connectivity index (χ1v) is 6.23. The van der Waals surface area contributed by atoms with Gasteiger partial charge >= 0.3 is 0 Å². The summed E-state index contributed by atoms with van der Waals surface area (Å²) in [6, 6.07) is 0.247. The lowest BCUT2D eigenvalue weighted by molar-refractivity contribution is 0.176. The average molecular weight is 240 g/mol. The first kappa shape index (κ1) is 13.8. The van der Waals surface area contributed by atoms with E-state index in [1.807, 2.05) is 11.6 Å². The minimum atomic E-state index is -0.338. The van der Waals surface area contributed by atoms with Gasteiger partial charge in [0.15, 0.2) is 0 Å². The summed E-state index contributed by atoms with van der Waals surface area (Å²) in [4.78, 5) is 0. The molecular formula is C12H24N4O. The molecule has 0 aliphatic rings. The third kappa shape index (κ3) is 3.36. The number of rotatable bonds is 6. The van der Waals surface area contributed by atoms with E-state index < -0.39 is 0 Å². The highest BCUT2D eigenvalue weighted by Crippen LogP contribution is 2.25. The largest absolute Gasteiger partial charge is 0.394 e. The highest BCUT2D eigenvalue weighted by Gasteiger charge is 2.15. The zero-order valence-corrected chi connectivity index (χ0v) is 11.2. The molecule has 1 heterocycles. The van der Waals surface area contributed by atoms with E-state index in [0.717, 1.165) is 24.4 Å². The van der Waals surface area contributed by atoms with Crippen molar-refractivity contribution >= 4 is 11.5 Å². The number of nitrogens with zero attached hydrogens (tertiary/aromatic N) is 2. The number of aromatic nitrogens is 2. The summed E-state index contributed by atoms with van der Waals surface area (Å²) in [6.45, 7) is 8.57. The highest BCUT2D eigenvalue weighted by atomic mass is 16.3. The second-order valence-corrected chi connectivity index (χ2v) is 4.71.